The first-order valence-corrected chi connectivity index (χ1v) is 5.88. The summed E-state index contributed by atoms with van der Waals surface area (Å²) in [5, 5.41) is 18.3. The molecule has 0 aliphatic carbocycles. The maximum atomic E-state index is 9.26. The Kier molecular flexibility index (Phi) is 5.52. The minimum Gasteiger partial charge on any atom is -0.395 e. The lowest BCUT2D eigenvalue weighted by Crippen LogP contribution is -2.27. The van der Waals surface area contributed by atoms with Crippen molar-refractivity contribution in [1.82, 2.24) is 0 Å². The maximum Gasteiger partial charge on any atom is 0.0702 e. The van der Waals surface area contributed by atoms with Gasteiger partial charge in [0.25, 0.3) is 0 Å². The smallest absolute Gasteiger partial charge is 0.0702 e. The van der Waals surface area contributed by atoms with Crippen LogP contribution in [0.5, 0.6) is 0 Å². The highest BCUT2D eigenvalue weighted by Crippen LogP contribution is 2.25. The van der Waals surface area contributed by atoms with E-state index < -0.39 is 0 Å². The Bertz CT molecular complexity index is 355. The van der Waals surface area contributed by atoms with Gasteiger partial charge in [0.1, 0.15) is 0 Å². The van der Waals surface area contributed by atoms with Crippen molar-refractivity contribution in [2.24, 2.45) is 0 Å². The molecular weight excluding hydrogens is 270 g/mol. The monoisotopic (exact) mass is 285 g/mol. The fourth-order valence-electron chi connectivity index (χ4n) is 1.55. The zero-order chi connectivity index (χ0) is 12.0. The third kappa shape index (κ3) is 3.33. The van der Waals surface area contributed by atoms with Gasteiger partial charge in [-0.3, -0.25) is 0 Å². The van der Waals surface area contributed by atoms with Gasteiger partial charge in [0.05, 0.1) is 13.2 Å². The Morgan fingerprint density at radius 1 is 1.38 bits per heavy atom. The molecular formula is C12H16BrNO2. The van der Waals surface area contributed by atoms with E-state index in [1.54, 1.807) is 6.08 Å². The molecule has 0 amide bonds. The molecule has 0 fully saturated rings. The molecule has 0 heterocycles. The van der Waals surface area contributed by atoms with Crippen LogP contribution in [0.25, 0.3) is 0 Å². The van der Waals surface area contributed by atoms with E-state index in [4.69, 9.17) is 5.11 Å². The molecule has 0 radical (unpaired) electrons. The van der Waals surface area contributed by atoms with Crippen LogP contribution in [0.4, 0.5) is 5.69 Å². The van der Waals surface area contributed by atoms with Gasteiger partial charge in [-0.05, 0) is 12.1 Å². The number of aliphatic hydroxyl groups is 2. The standard InChI is InChI=1S/C12H16BrNO2/c1-2-5-14(6-7-15)12-8-11(13)4-3-10(12)9-16/h2-4,8,15-16H,1,5-7,9H2. The van der Waals surface area contributed by atoms with Crippen LogP contribution in [0.1, 0.15) is 5.56 Å². The molecule has 1 aromatic carbocycles. The molecule has 0 spiro atoms. The van der Waals surface area contributed by atoms with Gasteiger partial charge in [-0.1, -0.05) is 28.1 Å². The summed E-state index contributed by atoms with van der Waals surface area (Å²) in [6, 6.07) is 5.69. The average molecular weight is 286 g/mol. The Hall–Kier alpha value is -0.840. The van der Waals surface area contributed by atoms with Gasteiger partial charge in [-0.15, -0.1) is 6.58 Å². The van der Waals surface area contributed by atoms with Crippen LogP contribution >= 0.6 is 15.9 Å². The molecule has 0 aliphatic rings. The lowest BCUT2D eigenvalue weighted by Gasteiger charge is -2.24. The van der Waals surface area contributed by atoms with Crippen LogP contribution in [-0.4, -0.2) is 29.9 Å². The van der Waals surface area contributed by atoms with E-state index in [2.05, 4.69) is 22.5 Å². The van der Waals surface area contributed by atoms with Crippen molar-refractivity contribution in [1.29, 1.82) is 0 Å². The third-order valence-corrected chi connectivity index (χ3v) is 2.77. The molecule has 0 aromatic heterocycles. The van der Waals surface area contributed by atoms with Crippen LogP contribution in [0.2, 0.25) is 0 Å². The van der Waals surface area contributed by atoms with Crippen molar-refractivity contribution in [3.05, 3.63) is 40.9 Å². The van der Waals surface area contributed by atoms with Crippen LogP contribution in [0.15, 0.2) is 35.3 Å². The first-order chi connectivity index (χ1) is 7.72. The first-order valence-electron chi connectivity index (χ1n) is 5.09. The molecule has 4 heteroatoms. The summed E-state index contributed by atoms with van der Waals surface area (Å²) in [4.78, 5) is 1.98. The Labute approximate surface area is 104 Å². The average Bonchev–Trinajstić information content (AvgIpc) is 2.29. The van der Waals surface area contributed by atoms with Gasteiger partial charge in [0.2, 0.25) is 0 Å². The molecule has 0 saturated heterocycles. The van der Waals surface area contributed by atoms with Crippen molar-refractivity contribution in [2.45, 2.75) is 6.61 Å². The van der Waals surface area contributed by atoms with E-state index in [-0.39, 0.29) is 13.2 Å². The molecule has 0 aliphatic heterocycles. The Balaban J connectivity index is 3.04. The summed E-state index contributed by atoms with van der Waals surface area (Å²) in [7, 11) is 0. The Morgan fingerprint density at radius 2 is 2.12 bits per heavy atom. The second-order valence-corrected chi connectivity index (χ2v) is 4.31. The summed E-state index contributed by atoms with van der Waals surface area (Å²) in [5.41, 5.74) is 1.77. The van der Waals surface area contributed by atoms with Gasteiger partial charge < -0.3 is 15.1 Å². The topological polar surface area (TPSA) is 43.7 Å². The number of anilines is 1. The van der Waals surface area contributed by atoms with E-state index in [9.17, 15) is 5.11 Å². The van der Waals surface area contributed by atoms with Gasteiger partial charge in [0.15, 0.2) is 0 Å². The molecule has 16 heavy (non-hydrogen) atoms. The molecule has 2 N–H and O–H groups in total. The minimum absolute atomic E-state index is 0.0122. The number of hydrogen-bond acceptors (Lipinski definition) is 3. The van der Waals surface area contributed by atoms with E-state index in [1.165, 1.54) is 0 Å². The number of rotatable bonds is 6. The molecule has 0 atom stereocenters. The molecule has 1 rings (SSSR count). The van der Waals surface area contributed by atoms with Crippen molar-refractivity contribution < 1.29 is 10.2 Å². The molecule has 3 nitrogen and oxygen atoms in total. The van der Waals surface area contributed by atoms with E-state index in [0.717, 1.165) is 15.7 Å². The van der Waals surface area contributed by atoms with Crippen molar-refractivity contribution in [3.8, 4) is 0 Å². The highest BCUT2D eigenvalue weighted by atomic mass is 79.9. The van der Waals surface area contributed by atoms with Crippen LogP contribution < -0.4 is 4.90 Å². The first kappa shape index (κ1) is 13.2. The van der Waals surface area contributed by atoms with Gasteiger partial charge in [-0.2, -0.15) is 0 Å². The zero-order valence-corrected chi connectivity index (χ0v) is 10.7. The number of hydrogen-bond donors (Lipinski definition) is 2. The van der Waals surface area contributed by atoms with Crippen molar-refractivity contribution in [2.75, 3.05) is 24.6 Å². The maximum absolute atomic E-state index is 9.26. The molecule has 1 aromatic rings. The minimum atomic E-state index is -0.0122. The molecule has 0 saturated carbocycles. The number of nitrogens with zero attached hydrogens (tertiary/aromatic N) is 1. The van der Waals surface area contributed by atoms with E-state index in [1.807, 2.05) is 23.1 Å². The quantitative estimate of drug-likeness (QED) is 0.785. The molecule has 0 bridgehead atoms. The number of aliphatic hydroxyl groups excluding tert-OH is 2. The molecule has 0 unspecified atom stereocenters. The predicted octanol–water partition coefficient (Wildman–Crippen LogP) is 1.93. The second-order valence-electron chi connectivity index (χ2n) is 3.39. The number of halogens is 1. The summed E-state index contributed by atoms with van der Waals surface area (Å²) in [6.07, 6.45) is 1.78. The van der Waals surface area contributed by atoms with Gasteiger partial charge in [0, 0.05) is 28.8 Å². The predicted molar refractivity (Wildman–Crippen MR) is 69.6 cm³/mol. The van der Waals surface area contributed by atoms with E-state index >= 15 is 0 Å². The fraction of sp³-hybridized carbons (Fsp3) is 0.333. The third-order valence-electron chi connectivity index (χ3n) is 2.28. The summed E-state index contributed by atoms with van der Waals surface area (Å²) >= 11 is 3.40. The zero-order valence-electron chi connectivity index (χ0n) is 9.06. The summed E-state index contributed by atoms with van der Waals surface area (Å²) in [6.45, 7) is 4.92. The fourth-order valence-corrected chi connectivity index (χ4v) is 1.90. The number of benzene rings is 1. The largest absolute Gasteiger partial charge is 0.395 e. The molecule has 88 valence electrons. The van der Waals surface area contributed by atoms with Gasteiger partial charge >= 0.3 is 0 Å². The highest BCUT2D eigenvalue weighted by molar-refractivity contribution is 9.10. The Morgan fingerprint density at radius 3 is 2.69 bits per heavy atom. The highest BCUT2D eigenvalue weighted by Gasteiger charge is 2.09. The second kappa shape index (κ2) is 6.68. The normalized spacial score (nSPS) is 10.2. The van der Waals surface area contributed by atoms with Crippen molar-refractivity contribution in [3.63, 3.8) is 0 Å². The lowest BCUT2D eigenvalue weighted by molar-refractivity contribution is 0.281. The van der Waals surface area contributed by atoms with Crippen LogP contribution in [-0.2, 0) is 6.61 Å². The van der Waals surface area contributed by atoms with Crippen molar-refractivity contribution >= 4 is 21.6 Å². The van der Waals surface area contributed by atoms with E-state index in [0.29, 0.717) is 13.1 Å². The summed E-state index contributed by atoms with van der Waals surface area (Å²) in [5.74, 6) is 0. The lowest BCUT2D eigenvalue weighted by atomic mass is 10.1. The van der Waals surface area contributed by atoms with Gasteiger partial charge in [-0.25, -0.2) is 0 Å². The van der Waals surface area contributed by atoms with Crippen LogP contribution in [0, 0.1) is 0 Å². The van der Waals surface area contributed by atoms with Crippen LogP contribution in [0.3, 0.4) is 0 Å². The SMILES string of the molecule is C=CCN(CCO)c1cc(Br)ccc1CO. The summed E-state index contributed by atoms with van der Waals surface area (Å²) < 4.78 is 0.951.